The van der Waals surface area contributed by atoms with Crippen LogP contribution in [-0.4, -0.2) is 30.4 Å². The number of nitrogens with zero attached hydrogens (tertiary/aromatic N) is 5. The summed E-state index contributed by atoms with van der Waals surface area (Å²) in [4.78, 5) is 23.9. The number of hydrogen-bond acceptors (Lipinski definition) is 5. The van der Waals surface area contributed by atoms with E-state index >= 15 is 0 Å². The number of rotatable bonds is 5. The van der Waals surface area contributed by atoms with Gasteiger partial charge in [-0.25, -0.2) is 0 Å². The van der Waals surface area contributed by atoms with Crippen molar-refractivity contribution in [2.45, 2.75) is 64.3 Å². The van der Waals surface area contributed by atoms with E-state index in [1.54, 1.807) is 10.9 Å². The second kappa shape index (κ2) is 6.39. The van der Waals surface area contributed by atoms with Crippen LogP contribution in [0.3, 0.4) is 0 Å². The molecule has 160 valence electrons. The molecule has 0 aliphatic heterocycles. The summed E-state index contributed by atoms with van der Waals surface area (Å²) in [5.41, 5.74) is 2.38. The molecule has 4 fully saturated rings. The zero-order valence-corrected chi connectivity index (χ0v) is 17.7. The van der Waals surface area contributed by atoms with Crippen LogP contribution in [0.25, 0.3) is 0 Å². The first-order valence-corrected chi connectivity index (χ1v) is 10.7. The minimum atomic E-state index is -0.383. The van der Waals surface area contributed by atoms with Crippen LogP contribution in [-0.2, 0) is 17.4 Å². The van der Waals surface area contributed by atoms with Crippen molar-refractivity contribution in [2.75, 3.05) is 5.32 Å². The molecule has 9 nitrogen and oxygen atoms in total. The van der Waals surface area contributed by atoms with Crippen molar-refractivity contribution in [1.29, 1.82) is 0 Å². The topological polar surface area (TPSA) is 108 Å². The van der Waals surface area contributed by atoms with Gasteiger partial charge < -0.3 is 5.32 Å². The molecule has 6 rings (SSSR count). The lowest BCUT2D eigenvalue weighted by Gasteiger charge is -2.61. The molecule has 0 aromatic carbocycles. The van der Waals surface area contributed by atoms with Gasteiger partial charge in [-0.05, 0) is 69.6 Å². The summed E-state index contributed by atoms with van der Waals surface area (Å²) in [5.74, 6) is 1.16. The standard InChI is InChI=1S/C21H28N6O3/c1-13-19(14(2)25(3)24-13)23-18(28)9-20-5-15-4-16(6-20)8-21(7-15,12-20)26-11-17(10-22-26)27(29)30/h10-11,15-16H,4-9,12H2,1-3H3,(H,23,28). The average molecular weight is 412 g/mol. The van der Waals surface area contributed by atoms with Gasteiger partial charge in [-0.3, -0.25) is 24.3 Å². The van der Waals surface area contributed by atoms with Gasteiger partial charge in [0.25, 0.3) is 0 Å². The predicted octanol–water partition coefficient (Wildman–Crippen LogP) is 3.47. The Morgan fingerprint density at radius 1 is 1.30 bits per heavy atom. The van der Waals surface area contributed by atoms with Crippen LogP contribution in [0.15, 0.2) is 12.4 Å². The maximum Gasteiger partial charge on any atom is 0.307 e. The number of anilines is 1. The maximum atomic E-state index is 13.1. The minimum Gasteiger partial charge on any atom is -0.323 e. The van der Waals surface area contributed by atoms with E-state index in [9.17, 15) is 14.9 Å². The van der Waals surface area contributed by atoms with Crippen LogP contribution in [0.2, 0.25) is 0 Å². The molecule has 2 heterocycles. The number of aromatic nitrogens is 4. The molecule has 2 atom stereocenters. The van der Waals surface area contributed by atoms with E-state index in [0.29, 0.717) is 18.3 Å². The molecule has 4 aliphatic rings. The molecule has 4 aliphatic carbocycles. The third-order valence-electron chi connectivity index (χ3n) is 7.73. The van der Waals surface area contributed by atoms with Crippen molar-refractivity contribution in [2.24, 2.45) is 24.3 Å². The molecule has 9 heteroatoms. The Morgan fingerprint density at radius 2 is 2.00 bits per heavy atom. The third-order valence-corrected chi connectivity index (χ3v) is 7.73. The summed E-state index contributed by atoms with van der Waals surface area (Å²) in [6.45, 7) is 3.87. The first-order chi connectivity index (χ1) is 14.2. The van der Waals surface area contributed by atoms with E-state index in [1.165, 1.54) is 12.6 Å². The van der Waals surface area contributed by atoms with Crippen molar-refractivity contribution in [3.05, 3.63) is 33.9 Å². The van der Waals surface area contributed by atoms with E-state index in [0.717, 1.165) is 49.2 Å². The molecular weight excluding hydrogens is 384 g/mol. The van der Waals surface area contributed by atoms with E-state index in [4.69, 9.17) is 0 Å². The second-order valence-corrected chi connectivity index (χ2v) is 9.98. The van der Waals surface area contributed by atoms with Crippen LogP contribution in [0.4, 0.5) is 11.4 Å². The van der Waals surface area contributed by atoms with Gasteiger partial charge in [-0.15, -0.1) is 0 Å². The number of carbonyl (C=O) groups excluding carboxylic acids is 1. The smallest absolute Gasteiger partial charge is 0.307 e. The van der Waals surface area contributed by atoms with Crippen molar-refractivity contribution in [1.82, 2.24) is 19.6 Å². The Bertz CT molecular complexity index is 1020. The number of nitro groups is 1. The highest BCUT2D eigenvalue weighted by Gasteiger charge is 2.59. The van der Waals surface area contributed by atoms with Crippen molar-refractivity contribution in [3.8, 4) is 0 Å². The van der Waals surface area contributed by atoms with Crippen molar-refractivity contribution in [3.63, 3.8) is 0 Å². The van der Waals surface area contributed by atoms with Crippen LogP contribution < -0.4 is 5.32 Å². The minimum absolute atomic E-state index is 0.0396. The van der Waals surface area contributed by atoms with E-state index < -0.39 is 0 Å². The highest BCUT2D eigenvalue weighted by Crippen LogP contribution is 2.65. The Balaban J connectivity index is 1.40. The Morgan fingerprint density at radius 3 is 2.57 bits per heavy atom. The van der Waals surface area contributed by atoms with Gasteiger partial charge in [0.1, 0.15) is 12.4 Å². The molecule has 0 saturated heterocycles. The fourth-order valence-electron chi connectivity index (χ4n) is 7.02. The molecule has 1 N–H and O–H groups in total. The molecule has 0 radical (unpaired) electrons. The van der Waals surface area contributed by atoms with Gasteiger partial charge in [-0.2, -0.15) is 10.2 Å². The molecule has 4 saturated carbocycles. The molecule has 1 amide bonds. The second-order valence-electron chi connectivity index (χ2n) is 9.98. The lowest BCUT2D eigenvalue weighted by atomic mass is 9.46. The summed E-state index contributed by atoms with van der Waals surface area (Å²) in [6.07, 6.45) is 9.63. The van der Waals surface area contributed by atoms with Gasteiger partial charge in [0.15, 0.2) is 0 Å². The molecular formula is C21H28N6O3. The molecule has 2 unspecified atom stereocenters. The van der Waals surface area contributed by atoms with Gasteiger partial charge in [-0.1, -0.05) is 0 Å². The summed E-state index contributed by atoms with van der Waals surface area (Å²) in [5, 5.41) is 23.1. The van der Waals surface area contributed by atoms with E-state index in [1.807, 2.05) is 25.6 Å². The third kappa shape index (κ3) is 2.94. The molecule has 2 aromatic heterocycles. The Kier molecular flexibility index (Phi) is 4.10. The fraction of sp³-hybridized carbons (Fsp3) is 0.667. The van der Waals surface area contributed by atoms with Crippen LogP contribution >= 0.6 is 0 Å². The summed E-state index contributed by atoms with van der Waals surface area (Å²) < 4.78 is 3.64. The molecule has 4 bridgehead atoms. The number of carbonyl (C=O) groups is 1. The van der Waals surface area contributed by atoms with Crippen molar-refractivity contribution < 1.29 is 9.72 Å². The van der Waals surface area contributed by atoms with E-state index in [2.05, 4.69) is 15.5 Å². The Labute approximate surface area is 175 Å². The molecule has 0 spiro atoms. The Hall–Kier alpha value is -2.71. The summed E-state index contributed by atoms with van der Waals surface area (Å²) >= 11 is 0. The number of aryl methyl sites for hydroxylation is 2. The van der Waals surface area contributed by atoms with Crippen molar-refractivity contribution >= 4 is 17.3 Å². The number of hydrogen-bond donors (Lipinski definition) is 1. The van der Waals surface area contributed by atoms with Gasteiger partial charge in [0.2, 0.25) is 5.91 Å². The average Bonchev–Trinajstić information content (AvgIpc) is 3.22. The first kappa shape index (κ1) is 19.3. The van der Waals surface area contributed by atoms with Crippen LogP contribution in [0, 0.1) is 41.2 Å². The predicted molar refractivity (Wildman–Crippen MR) is 110 cm³/mol. The zero-order chi connectivity index (χ0) is 21.3. The van der Waals surface area contributed by atoms with Crippen LogP contribution in [0.5, 0.6) is 0 Å². The quantitative estimate of drug-likeness (QED) is 0.598. The number of nitrogens with one attached hydrogen (secondary N) is 1. The maximum absolute atomic E-state index is 13.1. The van der Waals surface area contributed by atoms with Gasteiger partial charge in [0, 0.05) is 13.5 Å². The highest BCUT2D eigenvalue weighted by atomic mass is 16.6. The number of amides is 1. The molecule has 2 aromatic rings. The first-order valence-electron chi connectivity index (χ1n) is 10.7. The lowest BCUT2D eigenvalue weighted by Crippen LogP contribution is -2.57. The highest BCUT2D eigenvalue weighted by molar-refractivity contribution is 5.92. The fourth-order valence-corrected chi connectivity index (χ4v) is 7.02. The zero-order valence-electron chi connectivity index (χ0n) is 17.7. The van der Waals surface area contributed by atoms with Crippen LogP contribution in [0.1, 0.15) is 56.3 Å². The largest absolute Gasteiger partial charge is 0.323 e. The summed E-state index contributed by atoms with van der Waals surface area (Å²) in [7, 11) is 1.88. The van der Waals surface area contributed by atoms with Gasteiger partial charge >= 0.3 is 5.69 Å². The monoisotopic (exact) mass is 412 g/mol. The lowest BCUT2D eigenvalue weighted by molar-refractivity contribution is -0.385. The molecule has 30 heavy (non-hydrogen) atoms. The van der Waals surface area contributed by atoms with Gasteiger partial charge in [0.05, 0.1) is 27.5 Å². The van der Waals surface area contributed by atoms with E-state index in [-0.39, 0.29) is 27.5 Å². The summed E-state index contributed by atoms with van der Waals surface area (Å²) in [6, 6.07) is 0. The SMILES string of the molecule is Cc1nn(C)c(C)c1NC(=O)CC12CC3CC(C1)CC(n1cc([N+](=O)[O-])cn1)(C3)C2. The normalized spacial score (nSPS) is 31.8.